The number of rotatable bonds is 7. The average Bonchev–Trinajstić information content (AvgIpc) is 3.01. The Morgan fingerprint density at radius 2 is 1.79 bits per heavy atom. The first-order valence-electron chi connectivity index (χ1n) is 11.4. The SMILES string of the molecule is CCOc1ccc(N2C(=O)CC(N(Cc3cccnc3)C(=O)C3C(C)(C)C3(C)C)C2=O)cc1. The molecule has 7 nitrogen and oxygen atoms in total. The molecule has 1 atom stereocenters. The van der Waals surface area contributed by atoms with Gasteiger partial charge in [0.15, 0.2) is 0 Å². The number of benzene rings is 1. The van der Waals surface area contributed by atoms with Crippen LogP contribution in [0.25, 0.3) is 0 Å². The van der Waals surface area contributed by atoms with E-state index in [4.69, 9.17) is 4.74 Å². The first kappa shape index (κ1) is 23.0. The molecule has 1 aliphatic carbocycles. The van der Waals surface area contributed by atoms with Crippen LogP contribution in [-0.4, -0.2) is 40.3 Å². The molecule has 2 fully saturated rings. The molecule has 33 heavy (non-hydrogen) atoms. The fraction of sp³-hybridized carbons (Fsp3) is 0.462. The molecule has 7 heteroatoms. The van der Waals surface area contributed by atoms with Gasteiger partial charge in [-0.25, -0.2) is 4.90 Å². The van der Waals surface area contributed by atoms with E-state index in [1.54, 1.807) is 47.6 Å². The Morgan fingerprint density at radius 1 is 1.12 bits per heavy atom. The molecule has 1 aromatic carbocycles. The number of aromatic nitrogens is 1. The molecule has 1 saturated heterocycles. The van der Waals surface area contributed by atoms with E-state index in [-0.39, 0.29) is 47.4 Å². The van der Waals surface area contributed by atoms with Gasteiger partial charge in [-0.15, -0.1) is 0 Å². The number of pyridine rings is 1. The summed E-state index contributed by atoms with van der Waals surface area (Å²) in [6, 6.07) is 9.71. The van der Waals surface area contributed by atoms with Crippen molar-refractivity contribution >= 4 is 23.4 Å². The first-order chi connectivity index (χ1) is 15.6. The molecule has 2 heterocycles. The maximum absolute atomic E-state index is 13.7. The van der Waals surface area contributed by atoms with Gasteiger partial charge in [0.1, 0.15) is 11.8 Å². The molecule has 0 radical (unpaired) electrons. The molecule has 0 spiro atoms. The van der Waals surface area contributed by atoms with E-state index >= 15 is 0 Å². The molecule has 2 aromatic rings. The molecule has 0 bridgehead atoms. The third kappa shape index (κ3) is 3.90. The van der Waals surface area contributed by atoms with Crippen molar-refractivity contribution in [2.24, 2.45) is 16.7 Å². The van der Waals surface area contributed by atoms with Gasteiger partial charge in [-0.1, -0.05) is 33.8 Å². The highest BCUT2D eigenvalue weighted by Gasteiger charge is 2.69. The van der Waals surface area contributed by atoms with Crippen LogP contribution in [-0.2, 0) is 20.9 Å². The Hall–Kier alpha value is -3.22. The van der Waals surface area contributed by atoms with Crippen molar-refractivity contribution in [1.29, 1.82) is 0 Å². The zero-order valence-electron chi connectivity index (χ0n) is 19.9. The molecule has 1 aliphatic heterocycles. The van der Waals surface area contributed by atoms with Crippen molar-refractivity contribution in [1.82, 2.24) is 9.88 Å². The van der Waals surface area contributed by atoms with E-state index in [0.717, 1.165) is 5.56 Å². The molecule has 2 aliphatic rings. The second kappa shape index (κ2) is 8.28. The van der Waals surface area contributed by atoms with Crippen molar-refractivity contribution < 1.29 is 19.1 Å². The normalized spacial score (nSPS) is 21.2. The lowest BCUT2D eigenvalue weighted by molar-refractivity contribution is -0.141. The Bertz CT molecular complexity index is 1050. The average molecular weight is 450 g/mol. The largest absolute Gasteiger partial charge is 0.494 e. The van der Waals surface area contributed by atoms with Crippen molar-refractivity contribution in [3.05, 3.63) is 54.4 Å². The van der Waals surface area contributed by atoms with Gasteiger partial charge in [-0.3, -0.25) is 19.4 Å². The van der Waals surface area contributed by atoms with E-state index in [9.17, 15) is 14.4 Å². The van der Waals surface area contributed by atoms with Crippen molar-refractivity contribution in [2.75, 3.05) is 11.5 Å². The molecule has 0 N–H and O–H groups in total. The van der Waals surface area contributed by atoms with Gasteiger partial charge in [0.2, 0.25) is 11.8 Å². The Kier molecular flexibility index (Phi) is 5.76. The minimum atomic E-state index is -0.844. The quantitative estimate of drug-likeness (QED) is 0.601. The smallest absolute Gasteiger partial charge is 0.257 e. The molecule has 1 aromatic heterocycles. The monoisotopic (exact) mass is 449 g/mol. The maximum atomic E-state index is 13.7. The standard InChI is InChI=1S/C26H31N3O4/c1-6-33-19-11-9-18(10-12-19)29-21(30)14-20(23(29)31)28(16-17-8-7-13-27-15-17)24(32)22-25(2,3)26(22,4)5/h7-13,15,20,22H,6,14,16H2,1-5H3. The van der Waals surface area contributed by atoms with Gasteiger partial charge in [0.05, 0.1) is 18.7 Å². The number of hydrogen-bond acceptors (Lipinski definition) is 5. The molecule has 1 saturated carbocycles. The lowest BCUT2D eigenvalue weighted by Gasteiger charge is -2.28. The molecule has 3 amide bonds. The van der Waals surface area contributed by atoms with E-state index < -0.39 is 6.04 Å². The van der Waals surface area contributed by atoms with Crippen LogP contribution in [0.4, 0.5) is 5.69 Å². The van der Waals surface area contributed by atoms with Gasteiger partial charge >= 0.3 is 0 Å². The van der Waals surface area contributed by atoms with Crippen LogP contribution < -0.4 is 9.64 Å². The summed E-state index contributed by atoms with van der Waals surface area (Å²) in [6.07, 6.45) is 3.32. The number of amides is 3. The number of nitrogens with zero attached hydrogens (tertiary/aromatic N) is 3. The molecular weight excluding hydrogens is 418 g/mol. The zero-order chi connectivity index (χ0) is 24.0. The van der Waals surface area contributed by atoms with Crippen LogP contribution in [0.5, 0.6) is 5.75 Å². The predicted molar refractivity (Wildman–Crippen MR) is 124 cm³/mol. The van der Waals surface area contributed by atoms with E-state index in [1.807, 2.05) is 13.0 Å². The number of carbonyl (C=O) groups is 3. The summed E-state index contributed by atoms with van der Waals surface area (Å²) >= 11 is 0. The van der Waals surface area contributed by atoms with Crippen molar-refractivity contribution in [3.63, 3.8) is 0 Å². The topological polar surface area (TPSA) is 79.8 Å². The van der Waals surface area contributed by atoms with Crippen LogP contribution in [0.1, 0.15) is 46.6 Å². The summed E-state index contributed by atoms with van der Waals surface area (Å²) in [5.41, 5.74) is 0.939. The summed E-state index contributed by atoms with van der Waals surface area (Å²) in [5.74, 6) is -0.328. The van der Waals surface area contributed by atoms with Gasteiger partial charge in [-0.05, 0) is 53.6 Å². The van der Waals surface area contributed by atoms with Crippen LogP contribution in [0, 0.1) is 16.7 Å². The predicted octanol–water partition coefficient (Wildman–Crippen LogP) is 3.82. The Labute approximate surface area is 194 Å². The summed E-state index contributed by atoms with van der Waals surface area (Å²) in [5, 5.41) is 0. The van der Waals surface area contributed by atoms with Crippen LogP contribution in [0.2, 0.25) is 0 Å². The minimum Gasteiger partial charge on any atom is -0.494 e. The first-order valence-corrected chi connectivity index (χ1v) is 11.4. The van der Waals surface area contributed by atoms with Crippen LogP contribution >= 0.6 is 0 Å². The number of carbonyl (C=O) groups excluding carboxylic acids is 3. The van der Waals surface area contributed by atoms with Crippen molar-refractivity contribution in [3.8, 4) is 5.75 Å². The van der Waals surface area contributed by atoms with Crippen molar-refractivity contribution in [2.45, 2.75) is 53.6 Å². The summed E-state index contributed by atoms with van der Waals surface area (Å²) in [6.45, 7) is 11.0. The Balaban J connectivity index is 1.63. The molecular formula is C26H31N3O4. The van der Waals surface area contributed by atoms with Gasteiger partial charge in [-0.2, -0.15) is 0 Å². The van der Waals surface area contributed by atoms with E-state index in [0.29, 0.717) is 18.0 Å². The molecule has 4 rings (SSSR count). The highest BCUT2D eigenvalue weighted by atomic mass is 16.5. The number of ether oxygens (including phenoxy) is 1. The second-order valence-corrected chi connectivity index (χ2v) is 9.92. The van der Waals surface area contributed by atoms with Gasteiger partial charge in [0.25, 0.3) is 5.91 Å². The van der Waals surface area contributed by atoms with E-state index in [2.05, 4.69) is 32.7 Å². The number of hydrogen-bond donors (Lipinski definition) is 0. The summed E-state index contributed by atoms with van der Waals surface area (Å²) in [7, 11) is 0. The van der Waals surface area contributed by atoms with Crippen LogP contribution in [0.15, 0.2) is 48.8 Å². The lowest BCUT2D eigenvalue weighted by atomic mass is 10.0. The number of imide groups is 1. The fourth-order valence-electron chi connectivity index (χ4n) is 5.00. The third-order valence-corrected chi connectivity index (χ3v) is 7.53. The molecule has 1 unspecified atom stereocenters. The van der Waals surface area contributed by atoms with E-state index in [1.165, 1.54) is 4.90 Å². The van der Waals surface area contributed by atoms with Crippen LogP contribution in [0.3, 0.4) is 0 Å². The zero-order valence-corrected chi connectivity index (χ0v) is 19.9. The van der Waals surface area contributed by atoms with Gasteiger partial charge in [0, 0.05) is 24.9 Å². The number of anilines is 1. The summed E-state index contributed by atoms with van der Waals surface area (Å²) in [4.78, 5) is 47.1. The van der Waals surface area contributed by atoms with Gasteiger partial charge < -0.3 is 9.64 Å². The Morgan fingerprint density at radius 3 is 2.33 bits per heavy atom. The minimum absolute atomic E-state index is 0.0361. The fourth-order valence-corrected chi connectivity index (χ4v) is 5.00. The highest BCUT2D eigenvalue weighted by molar-refractivity contribution is 6.23. The highest BCUT2D eigenvalue weighted by Crippen LogP contribution is 2.69. The molecule has 174 valence electrons. The lowest BCUT2D eigenvalue weighted by Crippen LogP contribution is -2.46. The second-order valence-electron chi connectivity index (χ2n) is 9.92. The third-order valence-electron chi connectivity index (χ3n) is 7.53. The summed E-state index contributed by atoms with van der Waals surface area (Å²) < 4.78 is 5.46. The maximum Gasteiger partial charge on any atom is 0.257 e.